The zero-order chi connectivity index (χ0) is 13.9. The Morgan fingerprint density at radius 1 is 1.22 bits per heavy atom. The molecule has 0 aliphatic rings. The Morgan fingerprint density at radius 3 is 2.28 bits per heavy atom. The molecule has 0 heterocycles. The number of nitrogens with zero attached hydrogens (tertiary/aromatic N) is 1. The van der Waals surface area contributed by atoms with E-state index >= 15 is 0 Å². The van der Waals surface area contributed by atoms with Crippen LogP contribution in [0.3, 0.4) is 0 Å². The van der Waals surface area contributed by atoms with E-state index in [4.69, 9.17) is 23.2 Å². The fourth-order valence-corrected chi connectivity index (χ4v) is 3.23. The van der Waals surface area contributed by atoms with Gasteiger partial charge >= 0.3 is 0 Å². The van der Waals surface area contributed by atoms with Gasteiger partial charge in [0.05, 0.1) is 15.8 Å². The van der Waals surface area contributed by atoms with E-state index in [1.165, 1.54) is 4.31 Å². The van der Waals surface area contributed by atoms with Gasteiger partial charge in [0.15, 0.2) is 0 Å². The van der Waals surface area contributed by atoms with Crippen LogP contribution < -0.4 is 0 Å². The number of hydrogen-bond donors (Lipinski definition) is 0. The topological polar surface area (TPSA) is 37.4 Å². The van der Waals surface area contributed by atoms with Gasteiger partial charge in [-0.15, -0.1) is 0 Å². The van der Waals surface area contributed by atoms with Gasteiger partial charge in [-0.25, -0.2) is 8.42 Å². The smallest absolute Gasteiger partial charge is 0.212 e. The third-order valence-electron chi connectivity index (χ3n) is 2.62. The van der Waals surface area contributed by atoms with Crippen LogP contribution in [0.25, 0.3) is 0 Å². The van der Waals surface area contributed by atoms with E-state index in [0.29, 0.717) is 16.6 Å². The molecule has 0 unspecified atom stereocenters. The van der Waals surface area contributed by atoms with Gasteiger partial charge in [-0.3, -0.25) is 0 Å². The first kappa shape index (κ1) is 15.8. The van der Waals surface area contributed by atoms with Crippen molar-refractivity contribution in [1.29, 1.82) is 0 Å². The van der Waals surface area contributed by atoms with E-state index < -0.39 is 10.0 Å². The second-order valence-corrected chi connectivity index (χ2v) is 7.31. The molecular formula is C12H17Cl2NO2S. The lowest BCUT2D eigenvalue weighted by Gasteiger charge is -2.25. The van der Waals surface area contributed by atoms with Gasteiger partial charge in [0.2, 0.25) is 10.0 Å². The number of sulfonamides is 1. The highest BCUT2D eigenvalue weighted by Crippen LogP contribution is 2.24. The molecule has 3 nitrogen and oxygen atoms in total. The van der Waals surface area contributed by atoms with Crippen LogP contribution in [0.5, 0.6) is 0 Å². The predicted molar refractivity (Wildman–Crippen MR) is 76.6 cm³/mol. The van der Waals surface area contributed by atoms with Gasteiger partial charge in [0.25, 0.3) is 0 Å². The van der Waals surface area contributed by atoms with Gasteiger partial charge in [-0.05, 0) is 38.5 Å². The summed E-state index contributed by atoms with van der Waals surface area (Å²) in [5.41, 5.74) is 0.829. The second kappa shape index (κ2) is 6.24. The first-order valence-corrected chi connectivity index (χ1v) is 8.08. The van der Waals surface area contributed by atoms with Crippen molar-refractivity contribution >= 4 is 33.2 Å². The van der Waals surface area contributed by atoms with Gasteiger partial charge < -0.3 is 0 Å². The highest BCUT2D eigenvalue weighted by Gasteiger charge is 2.23. The molecule has 0 aliphatic carbocycles. The molecule has 1 rings (SSSR count). The summed E-state index contributed by atoms with van der Waals surface area (Å²) in [6.45, 7) is 5.65. The Kier molecular flexibility index (Phi) is 5.46. The van der Waals surface area contributed by atoms with Crippen LogP contribution in [-0.2, 0) is 16.6 Å². The molecule has 0 spiro atoms. The molecule has 0 N–H and O–H groups in total. The van der Waals surface area contributed by atoms with Crippen molar-refractivity contribution in [2.24, 2.45) is 0 Å². The predicted octanol–water partition coefficient (Wildman–Crippen LogP) is 3.55. The molecule has 0 saturated heterocycles. The van der Waals surface area contributed by atoms with Crippen molar-refractivity contribution in [3.63, 3.8) is 0 Å². The molecule has 18 heavy (non-hydrogen) atoms. The standard InChI is InChI=1S/C12H17Cl2NO2S/c1-4-18(16,17)15(9(2)3)8-10-5-6-11(13)12(14)7-10/h5-7,9H,4,8H2,1-3H3. The summed E-state index contributed by atoms with van der Waals surface area (Å²) in [7, 11) is -3.22. The summed E-state index contributed by atoms with van der Waals surface area (Å²) in [5, 5.41) is 0.904. The molecule has 0 bridgehead atoms. The minimum atomic E-state index is -3.22. The van der Waals surface area contributed by atoms with Gasteiger partial charge in [-0.1, -0.05) is 29.3 Å². The van der Waals surface area contributed by atoms with Crippen molar-refractivity contribution in [2.45, 2.75) is 33.4 Å². The third kappa shape index (κ3) is 3.85. The Balaban J connectivity index is 3.01. The average Bonchev–Trinajstić information content (AvgIpc) is 2.29. The van der Waals surface area contributed by atoms with Crippen LogP contribution in [0.2, 0.25) is 10.0 Å². The van der Waals surface area contributed by atoms with Crippen molar-refractivity contribution in [1.82, 2.24) is 4.31 Å². The fraction of sp³-hybridized carbons (Fsp3) is 0.500. The Bertz CT molecular complexity index is 515. The monoisotopic (exact) mass is 309 g/mol. The Labute approximate surface area is 119 Å². The van der Waals surface area contributed by atoms with Gasteiger partial charge in [0.1, 0.15) is 0 Å². The third-order valence-corrected chi connectivity index (χ3v) is 5.35. The molecule has 0 fully saturated rings. The maximum atomic E-state index is 12.0. The molecule has 0 amide bonds. The number of rotatable bonds is 5. The number of benzene rings is 1. The Morgan fingerprint density at radius 2 is 1.83 bits per heavy atom. The van der Waals surface area contributed by atoms with Crippen LogP contribution in [0, 0.1) is 0 Å². The molecule has 102 valence electrons. The van der Waals surface area contributed by atoms with Crippen molar-refractivity contribution in [3.8, 4) is 0 Å². The largest absolute Gasteiger partial charge is 0.214 e. The maximum absolute atomic E-state index is 12.0. The van der Waals surface area contributed by atoms with E-state index in [-0.39, 0.29) is 11.8 Å². The summed E-state index contributed by atoms with van der Waals surface area (Å²) in [6.07, 6.45) is 0. The highest BCUT2D eigenvalue weighted by molar-refractivity contribution is 7.89. The molecule has 0 aliphatic heterocycles. The molecule has 1 aromatic carbocycles. The minimum absolute atomic E-state index is 0.0898. The first-order chi connectivity index (χ1) is 8.27. The summed E-state index contributed by atoms with van der Waals surface area (Å²) in [6, 6.07) is 5.07. The molecule has 1 aromatic rings. The Hall–Kier alpha value is -0.290. The van der Waals surface area contributed by atoms with E-state index in [1.807, 2.05) is 13.8 Å². The number of halogens is 2. The zero-order valence-electron chi connectivity index (χ0n) is 10.7. The van der Waals surface area contributed by atoms with Crippen LogP contribution >= 0.6 is 23.2 Å². The molecule has 0 radical (unpaired) electrons. The average molecular weight is 310 g/mol. The lowest BCUT2D eigenvalue weighted by Crippen LogP contribution is -2.37. The highest BCUT2D eigenvalue weighted by atomic mass is 35.5. The quantitative estimate of drug-likeness (QED) is 0.834. The molecule has 0 atom stereocenters. The minimum Gasteiger partial charge on any atom is -0.212 e. The van der Waals surface area contributed by atoms with Crippen LogP contribution in [-0.4, -0.2) is 24.5 Å². The summed E-state index contributed by atoms with van der Waals surface area (Å²) in [5.74, 6) is 0.0898. The number of hydrogen-bond acceptors (Lipinski definition) is 2. The van der Waals surface area contributed by atoms with Crippen LogP contribution in [0.1, 0.15) is 26.3 Å². The van der Waals surface area contributed by atoms with Gasteiger partial charge in [0, 0.05) is 12.6 Å². The first-order valence-electron chi connectivity index (χ1n) is 5.71. The van der Waals surface area contributed by atoms with Crippen molar-refractivity contribution < 1.29 is 8.42 Å². The van der Waals surface area contributed by atoms with E-state index in [2.05, 4.69) is 0 Å². The van der Waals surface area contributed by atoms with Gasteiger partial charge in [-0.2, -0.15) is 4.31 Å². The van der Waals surface area contributed by atoms with Crippen molar-refractivity contribution in [3.05, 3.63) is 33.8 Å². The normalized spacial score (nSPS) is 12.4. The summed E-state index contributed by atoms with van der Waals surface area (Å²) < 4.78 is 25.4. The van der Waals surface area contributed by atoms with Crippen molar-refractivity contribution in [2.75, 3.05) is 5.75 Å². The zero-order valence-corrected chi connectivity index (χ0v) is 13.0. The van der Waals surface area contributed by atoms with E-state index in [0.717, 1.165) is 5.56 Å². The summed E-state index contributed by atoms with van der Waals surface area (Å²) >= 11 is 11.8. The molecule has 6 heteroatoms. The van der Waals surface area contributed by atoms with Crippen LogP contribution in [0.4, 0.5) is 0 Å². The lowest BCUT2D eigenvalue weighted by atomic mass is 10.2. The maximum Gasteiger partial charge on any atom is 0.214 e. The van der Waals surface area contributed by atoms with Crippen LogP contribution in [0.15, 0.2) is 18.2 Å². The summed E-state index contributed by atoms with van der Waals surface area (Å²) in [4.78, 5) is 0. The molecule has 0 saturated carbocycles. The van der Waals surface area contributed by atoms with E-state index in [1.54, 1.807) is 25.1 Å². The van der Waals surface area contributed by atoms with E-state index in [9.17, 15) is 8.42 Å². The lowest BCUT2D eigenvalue weighted by molar-refractivity contribution is 0.349. The second-order valence-electron chi connectivity index (χ2n) is 4.29. The SMILES string of the molecule is CCS(=O)(=O)N(Cc1ccc(Cl)c(Cl)c1)C(C)C. The fourth-order valence-electron chi connectivity index (χ4n) is 1.59. The molecular weight excluding hydrogens is 293 g/mol. The molecule has 0 aromatic heterocycles.